The molecule has 0 unspecified atom stereocenters. The molecule has 4 rings (SSSR count). The van der Waals surface area contributed by atoms with E-state index in [2.05, 4.69) is 35.8 Å². The molecule has 6 nitrogen and oxygen atoms in total. The van der Waals surface area contributed by atoms with E-state index >= 15 is 0 Å². The molecule has 0 saturated carbocycles. The number of nitrogens with zero attached hydrogens (tertiary/aromatic N) is 2. The number of fused-ring (bicyclic) bond motifs is 4. The van der Waals surface area contributed by atoms with Crippen LogP contribution in [-0.2, 0) is 9.84 Å². The summed E-state index contributed by atoms with van der Waals surface area (Å²) in [6.07, 6.45) is 1.18. The molecular formula is C21H35N3O3S. The van der Waals surface area contributed by atoms with Gasteiger partial charge in [0.25, 0.3) is 0 Å². The van der Waals surface area contributed by atoms with Crippen LogP contribution in [0.1, 0.15) is 27.2 Å². The predicted molar refractivity (Wildman–Crippen MR) is 115 cm³/mol. The van der Waals surface area contributed by atoms with Crippen LogP contribution in [0.5, 0.6) is 5.75 Å². The second-order valence-corrected chi connectivity index (χ2v) is 11.2. The van der Waals surface area contributed by atoms with Crippen molar-refractivity contribution in [1.82, 2.24) is 4.90 Å². The third-order valence-corrected chi connectivity index (χ3v) is 7.78. The zero-order valence-electron chi connectivity index (χ0n) is 17.4. The molecule has 7 heteroatoms. The fourth-order valence-corrected chi connectivity index (χ4v) is 5.94. The summed E-state index contributed by atoms with van der Waals surface area (Å²) >= 11 is 0. The van der Waals surface area contributed by atoms with Crippen LogP contribution in [-0.4, -0.2) is 70.2 Å². The molecule has 0 radical (unpaired) electrons. The van der Waals surface area contributed by atoms with E-state index in [0.717, 1.165) is 25.4 Å². The van der Waals surface area contributed by atoms with Gasteiger partial charge in [0.15, 0.2) is 9.84 Å². The molecule has 1 aromatic carbocycles. The molecule has 2 atom stereocenters. The van der Waals surface area contributed by atoms with Crippen molar-refractivity contribution in [2.45, 2.75) is 33.2 Å². The Morgan fingerprint density at radius 2 is 1.86 bits per heavy atom. The first-order valence-electron chi connectivity index (χ1n) is 10.4. The molecular weight excluding hydrogens is 374 g/mol. The summed E-state index contributed by atoms with van der Waals surface area (Å²) in [5, 5.41) is 0. The summed E-state index contributed by atoms with van der Waals surface area (Å²) in [4.78, 5) is 4.88. The Labute approximate surface area is 169 Å². The maximum absolute atomic E-state index is 12.1. The highest BCUT2D eigenvalue weighted by Crippen LogP contribution is 2.43. The van der Waals surface area contributed by atoms with E-state index in [1.54, 1.807) is 0 Å². The van der Waals surface area contributed by atoms with Crippen molar-refractivity contribution >= 4 is 15.5 Å². The van der Waals surface area contributed by atoms with Crippen LogP contribution in [0.3, 0.4) is 0 Å². The first-order valence-corrected chi connectivity index (χ1v) is 12.2. The van der Waals surface area contributed by atoms with Gasteiger partial charge in [-0.25, -0.2) is 8.42 Å². The number of piperidine rings is 1. The lowest BCUT2D eigenvalue weighted by Gasteiger charge is -2.48. The first kappa shape index (κ1) is 21.4. The number of nitrogens with two attached hydrogens (primary N) is 1. The van der Waals surface area contributed by atoms with E-state index in [1.165, 1.54) is 12.1 Å². The third kappa shape index (κ3) is 4.99. The van der Waals surface area contributed by atoms with E-state index < -0.39 is 9.84 Å². The lowest BCUT2D eigenvalue weighted by molar-refractivity contribution is 0.191. The molecule has 3 aliphatic rings. The molecule has 0 aliphatic carbocycles. The highest BCUT2D eigenvalue weighted by atomic mass is 32.2. The van der Waals surface area contributed by atoms with Crippen LogP contribution in [0.2, 0.25) is 0 Å². The lowest BCUT2D eigenvalue weighted by atomic mass is 9.73. The SMILES string of the molecule is CCOc1ccc(N2C[C@H]3CN(CCS(=O)(=O)CCN)C[C@@H]2C(C)(C)C3)cc1. The molecule has 3 heterocycles. The number of hydrogen-bond donors (Lipinski definition) is 1. The molecule has 158 valence electrons. The number of rotatable bonds is 8. The number of ether oxygens (including phenoxy) is 1. The van der Waals surface area contributed by atoms with E-state index in [-0.39, 0.29) is 23.5 Å². The Kier molecular flexibility index (Phi) is 6.57. The van der Waals surface area contributed by atoms with Gasteiger partial charge in [0.1, 0.15) is 5.75 Å². The van der Waals surface area contributed by atoms with Crippen LogP contribution in [0.25, 0.3) is 0 Å². The molecule has 3 saturated heterocycles. The van der Waals surface area contributed by atoms with Gasteiger partial charge in [-0.2, -0.15) is 0 Å². The molecule has 0 spiro atoms. The average molecular weight is 410 g/mol. The minimum Gasteiger partial charge on any atom is -0.494 e. The minimum absolute atomic E-state index is 0.0808. The van der Waals surface area contributed by atoms with E-state index in [4.69, 9.17) is 10.5 Å². The summed E-state index contributed by atoms with van der Waals surface area (Å²) in [5.74, 6) is 1.72. The second kappa shape index (κ2) is 8.59. The van der Waals surface area contributed by atoms with Crippen LogP contribution >= 0.6 is 0 Å². The smallest absolute Gasteiger partial charge is 0.152 e. The van der Waals surface area contributed by atoms with E-state index in [0.29, 0.717) is 25.1 Å². The van der Waals surface area contributed by atoms with Crippen LogP contribution in [0.4, 0.5) is 5.69 Å². The van der Waals surface area contributed by atoms with Gasteiger partial charge >= 0.3 is 0 Å². The molecule has 2 N–H and O–H groups in total. The topological polar surface area (TPSA) is 75.9 Å². The fraction of sp³-hybridized carbons (Fsp3) is 0.714. The Morgan fingerprint density at radius 1 is 1.14 bits per heavy atom. The Balaban J connectivity index is 1.75. The molecule has 1 aromatic rings. The van der Waals surface area contributed by atoms with Crippen molar-refractivity contribution in [3.63, 3.8) is 0 Å². The Morgan fingerprint density at radius 3 is 2.50 bits per heavy atom. The molecule has 3 fully saturated rings. The van der Waals surface area contributed by atoms with Gasteiger partial charge < -0.3 is 15.4 Å². The number of hydrogen-bond acceptors (Lipinski definition) is 6. The summed E-state index contributed by atoms with van der Waals surface area (Å²) in [7, 11) is -3.06. The van der Waals surface area contributed by atoms with Gasteiger partial charge in [0, 0.05) is 44.5 Å². The van der Waals surface area contributed by atoms with Crippen molar-refractivity contribution in [2.24, 2.45) is 17.1 Å². The van der Waals surface area contributed by atoms with E-state index in [1.807, 2.05) is 19.1 Å². The van der Waals surface area contributed by atoms with Crippen molar-refractivity contribution in [1.29, 1.82) is 0 Å². The number of sulfone groups is 1. The van der Waals surface area contributed by atoms with Gasteiger partial charge in [0.05, 0.1) is 18.1 Å². The fourth-order valence-electron chi connectivity index (χ4n) is 4.84. The Hall–Kier alpha value is -1.31. The van der Waals surface area contributed by atoms with Gasteiger partial charge in [0.2, 0.25) is 0 Å². The first-order chi connectivity index (χ1) is 13.2. The standard InChI is InChI=1S/C21H35N3O3S/c1-4-27-19-7-5-18(6-8-19)24-15-17-13-21(2,3)20(24)16-23(14-17)10-12-28(25,26)11-9-22/h5-8,17,20H,4,9-16,22H2,1-3H3/t17-,20-/m1/s1. The largest absolute Gasteiger partial charge is 0.494 e. The maximum atomic E-state index is 12.1. The average Bonchev–Trinajstić information content (AvgIpc) is 2.87. The van der Waals surface area contributed by atoms with Gasteiger partial charge in [-0.1, -0.05) is 13.8 Å². The zero-order valence-corrected chi connectivity index (χ0v) is 18.2. The lowest BCUT2D eigenvalue weighted by Crippen LogP contribution is -2.54. The monoisotopic (exact) mass is 409 g/mol. The van der Waals surface area contributed by atoms with Gasteiger partial charge in [-0.15, -0.1) is 0 Å². The van der Waals surface area contributed by atoms with Gasteiger partial charge in [-0.3, -0.25) is 4.90 Å². The van der Waals surface area contributed by atoms with Crippen LogP contribution in [0.15, 0.2) is 24.3 Å². The maximum Gasteiger partial charge on any atom is 0.152 e. The minimum atomic E-state index is -3.06. The predicted octanol–water partition coefficient (Wildman–Crippen LogP) is 2.00. The second-order valence-electron chi connectivity index (χ2n) is 8.85. The van der Waals surface area contributed by atoms with Crippen molar-refractivity contribution in [3.8, 4) is 5.75 Å². The summed E-state index contributed by atoms with van der Waals surface area (Å²) in [6.45, 7) is 11.0. The highest BCUT2D eigenvalue weighted by Gasteiger charge is 2.45. The molecule has 0 amide bonds. The summed E-state index contributed by atoms with van der Waals surface area (Å²) < 4.78 is 29.8. The molecule has 0 aromatic heterocycles. The number of anilines is 1. The van der Waals surface area contributed by atoms with E-state index in [9.17, 15) is 8.42 Å². The quantitative estimate of drug-likeness (QED) is 0.708. The van der Waals surface area contributed by atoms with Crippen molar-refractivity contribution in [3.05, 3.63) is 24.3 Å². The third-order valence-electron chi connectivity index (χ3n) is 6.12. The van der Waals surface area contributed by atoms with Crippen LogP contribution < -0.4 is 15.4 Å². The normalized spacial score (nSPS) is 24.9. The van der Waals surface area contributed by atoms with Gasteiger partial charge in [-0.05, 0) is 48.9 Å². The Bertz CT molecular complexity index is 749. The summed E-state index contributed by atoms with van der Waals surface area (Å²) in [5.41, 5.74) is 6.85. The molecule has 3 aliphatic heterocycles. The summed E-state index contributed by atoms with van der Waals surface area (Å²) in [6, 6.07) is 8.75. The van der Waals surface area contributed by atoms with Crippen LogP contribution in [0, 0.1) is 11.3 Å². The van der Waals surface area contributed by atoms with Crippen molar-refractivity contribution < 1.29 is 13.2 Å². The highest BCUT2D eigenvalue weighted by molar-refractivity contribution is 7.91. The molecule has 28 heavy (non-hydrogen) atoms. The molecule has 2 bridgehead atoms. The number of benzene rings is 1. The van der Waals surface area contributed by atoms with Crippen molar-refractivity contribution in [2.75, 3.05) is 55.7 Å². The zero-order chi connectivity index (χ0) is 20.4.